The highest BCUT2D eigenvalue weighted by Crippen LogP contribution is 2.21. The lowest BCUT2D eigenvalue weighted by Crippen LogP contribution is -2.64. The molecule has 0 unspecified atom stereocenters. The van der Waals surface area contributed by atoms with Crippen LogP contribution in [0.4, 0.5) is 0 Å². The van der Waals surface area contributed by atoms with E-state index in [1.54, 1.807) is 0 Å². The molecule has 1 amide bonds. The molecule has 6 heteroatoms. The number of carbonyl (C=O) groups excluding carboxylic acids is 1. The van der Waals surface area contributed by atoms with Gasteiger partial charge in [0.25, 0.3) is 5.91 Å². The fourth-order valence-electron chi connectivity index (χ4n) is 2.80. The minimum atomic E-state index is 0.139. The van der Waals surface area contributed by atoms with E-state index < -0.39 is 0 Å². The Morgan fingerprint density at radius 2 is 2.05 bits per heavy atom. The van der Waals surface area contributed by atoms with Gasteiger partial charge in [0.1, 0.15) is 5.69 Å². The zero-order chi connectivity index (χ0) is 13.4. The summed E-state index contributed by atoms with van der Waals surface area (Å²) in [5, 5.41) is 3.36. The highest BCUT2D eigenvalue weighted by atomic mass is 79.9. The fraction of sp³-hybridized carbons (Fsp3) is 0.615. The van der Waals surface area contributed by atoms with Gasteiger partial charge in [-0.15, -0.1) is 0 Å². The third kappa shape index (κ3) is 2.57. The molecule has 0 spiro atoms. The van der Waals surface area contributed by atoms with E-state index in [2.05, 4.69) is 26.1 Å². The van der Waals surface area contributed by atoms with E-state index in [1.165, 1.54) is 0 Å². The van der Waals surface area contributed by atoms with Crippen molar-refractivity contribution in [2.45, 2.75) is 6.04 Å². The van der Waals surface area contributed by atoms with Crippen molar-refractivity contribution in [2.75, 3.05) is 39.3 Å². The number of hydrogen-bond acceptors (Lipinski definition) is 3. The second kappa shape index (κ2) is 5.26. The predicted octanol–water partition coefficient (Wildman–Crippen LogP) is 0.517. The number of rotatable bonds is 2. The number of hydrogen-bond donors (Lipinski definition) is 1. The van der Waals surface area contributed by atoms with Crippen molar-refractivity contribution in [3.63, 3.8) is 0 Å². The molecule has 0 aliphatic carbocycles. The lowest BCUT2D eigenvalue weighted by Gasteiger charge is -2.46. The van der Waals surface area contributed by atoms with Gasteiger partial charge in [-0.1, -0.05) is 0 Å². The summed E-state index contributed by atoms with van der Waals surface area (Å²) in [4.78, 5) is 16.8. The second-order valence-electron chi connectivity index (χ2n) is 5.30. The Bertz CT molecular complexity index is 475. The number of nitrogens with zero attached hydrogens (tertiary/aromatic N) is 3. The molecule has 0 saturated carbocycles. The zero-order valence-electron chi connectivity index (χ0n) is 11.1. The molecule has 104 valence electrons. The van der Waals surface area contributed by atoms with E-state index in [9.17, 15) is 4.79 Å². The van der Waals surface area contributed by atoms with Crippen LogP contribution < -0.4 is 5.32 Å². The van der Waals surface area contributed by atoms with Crippen LogP contribution in [-0.4, -0.2) is 65.6 Å². The van der Waals surface area contributed by atoms with Gasteiger partial charge < -0.3 is 14.8 Å². The summed E-state index contributed by atoms with van der Waals surface area (Å²) < 4.78 is 2.84. The molecule has 2 saturated heterocycles. The average Bonchev–Trinajstić information content (AvgIpc) is 2.68. The lowest BCUT2D eigenvalue weighted by atomic mass is 10.1. The third-order valence-electron chi connectivity index (χ3n) is 4.01. The van der Waals surface area contributed by atoms with Crippen LogP contribution >= 0.6 is 15.9 Å². The molecule has 1 aromatic rings. The van der Waals surface area contributed by atoms with E-state index in [0.717, 1.165) is 49.4 Å². The molecule has 1 N–H and O–H groups in total. The van der Waals surface area contributed by atoms with Gasteiger partial charge in [-0.25, -0.2) is 0 Å². The van der Waals surface area contributed by atoms with Gasteiger partial charge >= 0.3 is 0 Å². The van der Waals surface area contributed by atoms with Crippen molar-refractivity contribution in [3.8, 4) is 0 Å². The maximum atomic E-state index is 12.3. The molecule has 2 aliphatic heterocycles. The second-order valence-corrected chi connectivity index (χ2v) is 6.22. The number of aryl methyl sites for hydroxylation is 1. The molecular formula is C13H19BrN4O. The number of halogens is 1. The molecule has 0 atom stereocenters. The van der Waals surface area contributed by atoms with Gasteiger partial charge in [-0.3, -0.25) is 9.69 Å². The van der Waals surface area contributed by atoms with Gasteiger partial charge in [0.2, 0.25) is 0 Å². The summed E-state index contributed by atoms with van der Waals surface area (Å²) in [6.45, 7) is 6.05. The predicted molar refractivity (Wildman–Crippen MR) is 77.2 cm³/mol. The third-order valence-corrected chi connectivity index (χ3v) is 4.44. The Balaban J connectivity index is 1.58. The lowest BCUT2D eigenvalue weighted by molar-refractivity contribution is 0.0220. The maximum absolute atomic E-state index is 12.3. The number of piperazine rings is 1. The zero-order valence-corrected chi connectivity index (χ0v) is 12.7. The first kappa shape index (κ1) is 13.1. The maximum Gasteiger partial charge on any atom is 0.270 e. The summed E-state index contributed by atoms with van der Waals surface area (Å²) in [6.07, 6.45) is 1.92. The summed E-state index contributed by atoms with van der Waals surface area (Å²) in [5.74, 6) is 0.139. The smallest absolute Gasteiger partial charge is 0.270 e. The first-order valence-corrected chi connectivity index (χ1v) is 7.50. The van der Waals surface area contributed by atoms with Gasteiger partial charge in [0, 0.05) is 63.0 Å². The summed E-state index contributed by atoms with van der Waals surface area (Å²) in [6, 6.07) is 2.44. The number of aromatic nitrogens is 1. The summed E-state index contributed by atoms with van der Waals surface area (Å²) in [7, 11) is 1.91. The molecule has 3 heterocycles. The monoisotopic (exact) mass is 326 g/mol. The molecule has 0 radical (unpaired) electrons. The van der Waals surface area contributed by atoms with Crippen molar-refractivity contribution >= 4 is 21.8 Å². The van der Waals surface area contributed by atoms with Crippen molar-refractivity contribution in [1.82, 2.24) is 19.7 Å². The van der Waals surface area contributed by atoms with E-state index >= 15 is 0 Å². The van der Waals surface area contributed by atoms with Crippen LogP contribution in [0.5, 0.6) is 0 Å². The van der Waals surface area contributed by atoms with Crippen LogP contribution in [0, 0.1) is 0 Å². The molecule has 3 rings (SSSR count). The molecule has 19 heavy (non-hydrogen) atoms. The Kier molecular flexibility index (Phi) is 3.64. The van der Waals surface area contributed by atoms with E-state index in [1.807, 2.05) is 28.8 Å². The van der Waals surface area contributed by atoms with Crippen LogP contribution in [0.3, 0.4) is 0 Å². The standard InChI is InChI=1S/C13H19BrN4O/c1-16-7-10(14)6-12(16)13(19)18-8-11(9-18)17-4-2-15-3-5-17/h6-7,11,15H,2-5,8-9H2,1H3. The summed E-state index contributed by atoms with van der Waals surface area (Å²) in [5.41, 5.74) is 0.755. The van der Waals surface area contributed by atoms with Crippen LogP contribution in [0.25, 0.3) is 0 Å². The highest BCUT2D eigenvalue weighted by molar-refractivity contribution is 9.10. The van der Waals surface area contributed by atoms with Gasteiger partial charge in [-0.05, 0) is 22.0 Å². The number of amides is 1. The minimum absolute atomic E-state index is 0.139. The van der Waals surface area contributed by atoms with Gasteiger partial charge in [-0.2, -0.15) is 0 Å². The van der Waals surface area contributed by atoms with Crippen LogP contribution in [0.1, 0.15) is 10.5 Å². The van der Waals surface area contributed by atoms with Crippen LogP contribution in [0.15, 0.2) is 16.7 Å². The average molecular weight is 327 g/mol. The van der Waals surface area contributed by atoms with E-state index in [4.69, 9.17) is 0 Å². The molecule has 0 aromatic carbocycles. The van der Waals surface area contributed by atoms with Crippen LogP contribution in [-0.2, 0) is 7.05 Å². The number of likely N-dealkylation sites (tertiary alicyclic amines) is 1. The van der Waals surface area contributed by atoms with Gasteiger partial charge in [0.15, 0.2) is 0 Å². The minimum Gasteiger partial charge on any atom is -0.345 e. The molecule has 2 fully saturated rings. The Hall–Kier alpha value is -0.850. The summed E-state index contributed by atoms with van der Waals surface area (Å²) >= 11 is 3.41. The molecular weight excluding hydrogens is 308 g/mol. The number of nitrogens with one attached hydrogen (secondary N) is 1. The Labute approximate surface area is 121 Å². The quantitative estimate of drug-likeness (QED) is 0.861. The van der Waals surface area contributed by atoms with Crippen LogP contribution in [0.2, 0.25) is 0 Å². The van der Waals surface area contributed by atoms with E-state index in [-0.39, 0.29) is 5.91 Å². The van der Waals surface area contributed by atoms with Crippen molar-refractivity contribution in [1.29, 1.82) is 0 Å². The largest absolute Gasteiger partial charge is 0.345 e. The first-order valence-electron chi connectivity index (χ1n) is 6.71. The van der Waals surface area contributed by atoms with E-state index in [0.29, 0.717) is 6.04 Å². The molecule has 1 aromatic heterocycles. The first-order chi connectivity index (χ1) is 9.15. The van der Waals surface area contributed by atoms with Crippen molar-refractivity contribution in [2.24, 2.45) is 7.05 Å². The fourth-order valence-corrected chi connectivity index (χ4v) is 3.32. The number of carbonyl (C=O) groups is 1. The van der Waals surface area contributed by atoms with Crippen molar-refractivity contribution < 1.29 is 4.79 Å². The topological polar surface area (TPSA) is 40.5 Å². The molecule has 2 aliphatic rings. The van der Waals surface area contributed by atoms with Crippen molar-refractivity contribution in [3.05, 3.63) is 22.4 Å². The highest BCUT2D eigenvalue weighted by Gasteiger charge is 2.36. The Morgan fingerprint density at radius 3 is 2.63 bits per heavy atom. The normalized spacial score (nSPS) is 21.5. The molecule has 0 bridgehead atoms. The SMILES string of the molecule is Cn1cc(Br)cc1C(=O)N1CC(N2CCNCC2)C1. The molecule has 5 nitrogen and oxygen atoms in total. The Morgan fingerprint density at radius 1 is 1.37 bits per heavy atom. The van der Waals surface area contributed by atoms with Gasteiger partial charge in [0.05, 0.1) is 0 Å².